The molecule has 19 heavy (non-hydrogen) atoms. The zero-order chi connectivity index (χ0) is 13.4. The van der Waals surface area contributed by atoms with Gasteiger partial charge in [-0.1, -0.05) is 23.4 Å². The van der Waals surface area contributed by atoms with Gasteiger partial charge < -0.3 is 20.1 Å². The number of para-hydroxylation sites is 1. The molecule has 6 heteroatoms. The van der Waals surface area contributed by atoms with E-state index in [1.54, 1.807) is 6.92 Å². The SMILES string of the molecule is C[C@@H](O)[C@H](N)c1nc(C2Cc3ccccc3O2)no1. The average Bonchev–Trinajstić information content (AvgIpc) is 3.03. The molecule has 1 aromatic heterocycles. The van der Waals surface area contributed by atoms with Crippen LogP contribution in [0, 0.1) is 0 Å². The van der Waals surface area contributed by atoms with Crippen LogP contribution in [0.3, 0.4) is 0 Å². The summed E-state index contributed by atoms with van der Waals surface area (Å²) in [6.07, 6.45) is -0.287. The Kier molecular flexibility index (Phi) is 2.96. The number of aliphatic hydroxyl groups is 1. The zero-order valence-electron chi connectivity index (χ0n) is 10.5. The molecule has 0 saturated carbocycles. The maximum absolute atomic E-state index is 9.41. The highest BCUT2D eigenvalue weighted by Gasteiger charge is 2.29. The fraction of sp³-hybridized carbons (Fsp3) is 0.385. The van der Waals surface area contributed by atoms with Gasteiger partial charge in [0.1, 0.15) is 11.8 Å². The maximum Gasteiger partial charge on any atom is 0.246 e. The van der Waals surface area contributed by atoms with E-state index in [1.807, 2.05) is 24.3 Å². The monoisotopic (exact) mass is 261 g/mol. The average molecular weight is 261 g/mol. The summed E-state index contributed by atoms with van der Waals surface area (Å²) in [6.45, 7) is 1.58. The van der Waals surface area contributed by atoms with Crippen molar-refractivity contribution in [2.45, 2.75) is 31.6 Å². The Morgan fingerprint density at radius 3 is 2.95 bits per heavy atom. The van der Waals surface area contributed by atoms with Gasteiger partial charge >= 0.3 is 0 Å². The van der Waals surface area contributed by atoms with Gasteiger partial charge in [-0.05, 0) is 18.6 Å². The summed E-state index contributed by atoms with van der Waals surface area (Å²) in [5.41, 5.74) is 6.87. The van der Waals surface area contributed by atoms with Crippen molar-refractivity contribution >= 4 is 0 Å². The number of rotatable bonds is 3. The van der Waals surface area contributed by atoms with Gasteiger partial charge in [-0.25, -0.2) is 0 Å². The van der Waals surface area contributed by atoms with Gasteiger partial charge in [0.25, 0.3) is 0 Å². The molecule has 2 aromatic rings. The largest absolute Gasteiger partial charge is 0.482 e. The number of nitrogens with two attached hydrogens (primary N) is 1. The van der Waals surface area contributed by atoms with Crippen LogP contribution in [0.2, 0.25) is 0 Å². The van der Waals surface area contributed by atoms with Crippen molar-refractivity contribution in [1.29, 1.82) is 0 Å². The second-order valence-corrected chi connectivity index (χ2v) is 4.68. The molecule has 0 aliphatic carbocycles. The molecular weight excluding hydrogens is 246 g/mol. The van der Waals surface area contributed by atoms with Crippen molar-refractivity contribution in [2.24, 2.45) is 5.73 Å². The van der Waals surface area contributed by atoms with Gasteiger partial charge in [-0.2, -0.15) is 4.98 Å². The molecule has 100 valence electrons. The molecule has 2 heterocycles. The lowest BCUT2D eigenvalue weighted by Gasteiger charge is -2.08. The van der Waals surface area contributed by atoms with E-state index in [-0.39, 0.29) is 12.0 Å². The number of ether oxygens (including phenoxy) is 1. The molecule has 0 fully saturated rings. The lowest BCUT2D eigenvalue weighted by atomic mass is 10.1. The van der Waals surface area contributed by atoms with Crippen molar-refractivity contribution in [1.82, 2.24) is 10.1 Å². The fourth-order valence-corrected chi connectivity index (χ4v) is 2.05. The summed E-state index contributed by atoms with van der Waals surface area (Å²) in [5.74, 6) is 1.53. The third-order valence-corrected chi connectivity index (χ3v) is 3.20. The summed E-state index contributed by atoms with van der Waals surface area (Å²) in [7, 11) is 0. The number of hydrogen-bond donors (Lipinski definition) is 2. The third-order valence-electron chi connectivity index (χ3n) is 3.20. The highest BCUT2D eigenvalue weighted by Crippen LogP contribution is 2.35. The molecule has 1 unspecified atom stereocenters. The number of hydrogen-bond acceptors (Lipinski definition) is 6. The van der Waals surface area contributed by atoms with Crippen LogP contribution in [-0.2, 0) is 6.42 Å². The summed E-state index contributed by atoms with van der Waals surface area (Å²) in [5, 5.41) is 13.3. The van der Waals surface area contributed by atoms with Gasteiger partial charge in [-0.15, -0.1) is 0 Å². The van der Waals surface area contributed by atoms with Gasteiger partial charge in [-0.3, -0.25) is 0 Å². The van der Waals surface area contributed by atoms with Crippen LogP contribution in [0.5, 0.6) is 5.75 Å². The smallest absolute Gasteiger partial charge is 0.246 e. The lowest BCUT2D eigenvalue weighted by molar-refractivity contribution is 0.146. The molecule has 1 aliphatic heterocycles. The molecular formula is C13H15N3O3. The Morgan fingerprint density at radius 2 is 2.21 bits per heavy atom. The van der Waals surface area contributed by atoms with Crippen LogP contribution >= 0.6 is 0 Å². The highest BCUT2D eigenvalue weighted by atomic mass is 16.5. The van der Waals surface area contributed by atoms with Gasteiger partial charge in [0.05, 0.1) is 6.10 Å². The molecule has 1 aliphatic rings. The third kappa shape index (κ3) is 2.20. The Balaban J connectivity index is 1.79. The Bertz CT molecular complexity index is 557. The van der Waals surface area contributed by atoms with E-state index < -0.39 is 12.1 Å². The minimum absolute atomic E-state index is 0.226. The van der Waals surface area contributed by atoms with E-state index in [4.69, 9.17) is 15.0 Å². The van der Waals surface area contributed by atoms with E-state index in [2.05, 4.69) is 10.1 Å². The number of fused-ring (bicyclic) bond motifs is 1. The van der Waals surface area contributed by atoms with E-state index in [0.717, 1.165) is 11.3 Å². The molecule has 0 bridgehead atoms. The van der Waals surface area contributed by atoms with Crippen LogP contribution in [0.15, 0.2) is 28.8 Å². The first-order valence-corrected chi connectivity index (χ1v) is 6.17. The van der Waals surface area contributed by atoms with E-state index in [1.165, 1.54) is 0 Å². The molecule has 0 saturated heterocycles. The molecule has 0 amide bonds. The van der Waals surface area contributed by atoms with E-state index in [9.17, 15) is 5.11 Å². The topological polar surface area (TPSA) is 94.4 Å². The van der Waals surface area contributed by atoms with Gasteiger partial charge in [0, 0.05) is 6.42 Å². The molecule has 6 nitrogen and oxygen atoms in total. The van der Waals surface area contributed by atoms with Crippen LogP contribution < -0.4 is 10.5 Å². The first kappa shape index (κ1) is 12.1. The van der Waals surface area contributed by atoms with Crippen LogP contribution in [-0.4, -0.2) is 21.4 Å². The lowest BCUT2D eigenvalue weighted by Crippen LogP contribution is -2.23. The number of aromatic nitrogens is 2. The molecule has 1 aromatic carbocycles. The molecule has 0 radical (unpaired) electrons. The van der Waals surface area contributed by atoms with Crippen molar-refractivity contribution in [3.05, 3.63) is 41.5 Å². The van der Waals surface area contributed by atoms with Crippen molar-refractivity contribution in [3.8, 4) is 5.75 Å². The van der Waals surface area contributed by atoms with Gasteiger partial charge in [0.2, 0.25) is 11.7 Å². The standard InChI is InChI=1S/C13H15N3O3/c1-7(17)11(14)13-15-12(16-19-13)10-6-8-4-2-3-5-9(8)18-10/h2-5,7,10-11,17H,6,14H2,1H3/t7-,10?,11+/m1/s1. The quantitative estimate of drug-likeness (QED) is 0.860. The van der Waals surface area contributed by atoms with Crippen molar-refractivity contribution < 1.29 is 14.4 Å². The Labute approximate surface area is 110 Å². The first-order valence-electron chi connectivity index (χ1n) is 6.17. The number of aliphatic hydroxyl groups excluding tert-OH is 1. The van der Waals surface area contributed by atoms with E-state index >= 15 is 0 Å². The summed E-state index contributed by atoms with van der Waals surface area (Å²) in [6, 6.07) is 7.14. The Hall–Kier alpha value is -1.92. The van der Waals surface area contributed by atoms with E-state index in [0.29, 0.717) is 12.2 Å². The normalized spacial score (nSPS) is 20.7. The molecule has 3 N–H and O–H groups in total. The van der Waals surface area contributed by atoms with Crippen LogP contribution in [0.25, 0.3) is 0 Å². The second-order valence-electron chi connectivity index (χ2n) is 4.68. The highest BCUT2D eigenvalue weighted by molar-refractivity contribution is 5.37. The van der Waals surface area contributed by atoms with Crippen LogP contribution in [0.4, 0.5) is 0 Å². The predicted octanol–water partition coefficient (Wildman–Crippen LogP) is 1.13. The first-order chi connectivity index (χ1) is 9.15. The second kappa shape index (κ2) is 4.64. The Morgan fingerprint density at radius 1 is 1.42 bits per heavy atom. The molecule has 3 rings (SSSR count). The van der Waals surface area contributed by atoms with Gasteiger partial charge in [0.15, 0.2) is 6.10 Å². The molecule has 0 spiro atoms. The molecule has 3 atom stereocenters. The van der Waals surface area contributed by atoms with Crippen molar-refractivity contribution in [2.75, 3.05) is 0 Å². The summed E-state index contributed by atoms with van der Waals surface area (Å²) < 4.78 is 10.8. The maximum atomic E-state index is 9.41. The van der Waals surface area contributed by atoms with Crippen molar-refractivity contribution in [3.63, 3.8) is 0 Å². The fourth-order valence-electron chi connectivity index (χ4n) is 2.05. The minimum Gasteiger partial charge on any atom is -0.482 e. The number of nitrogens with zero attached hydrogens (tertiary/aromatic N) is 2. The summed E-state index contributed by atoms with van der Waals surface area (Å²) in [4.78, 5) is 4.21. The minimum atomic E-state index is -0.741. The zero-order valence-corrected chi connectivity index (χ0v) is 10.5. The van der Waals surface area contributed by atoms with Crippen LogP contribution in [0.1, 0.15) is 36.3 Å². The summed E-state index contributed by atoms with van der Waals surface area (Å²) >= 11 is 0. The predicted molar refractivity (Wildman–Crippen MR) is 66.4 cm³/mol. The number of benzene rings is 1.